The van der Waals surface area contributed by atoms with E-state index in [1.165, 1.54) is 27.8 Å². The van der Waals surface area contributed by atoms with Gasteiger partial charge in [0.2, 0.25) is 0 Å². The summed E-state index contributed by atoms with van der Waals surface area (Å²) in [7, 11) is 2.19. The molecule has 0 radical (unpaired) electrons. The summed E-state index contributed by atoms with van der Waals surface area (Å²) in [5, 5.41) is 0.786. The van der Waals surface area contributed by atoms with Gasteiger partial charge in [-0.3, -0.25) is 0 Å². The molecule has 23 heavy (non-hydrogen) atoms. The van der Waals surface area contributed by atoms with E-state index in [2.05, 4.69) is 42.3 Å². The Balaban J connectivity index is 1.95. The van der Waals surface area contributed by atoms with Crippen LogP contribution in [0.3, 0.4) is 0 Å². The molecule has 0 unspecified atom stereocenters. The molecule has 0 spiro atoms. The van der Waals surface area contributed by atoms with Crippen molar-refractivity contribution in [2.24, 2.45) is 0 Å². The first kappa shape index (κ1) is 14.8. The monoisotopic (exact) mass is 325 g/mol. The number of para-hydroxylation sites is 1. The Morgan fingerprint density at radius 2 is 1.78 bits per heavy atom. The quantitative estimate of drug-likeness (QED) is 0.692. The summed E-state index contributed by atoms with van der Waals surface area (Å²) in [5.41, 5.74) is 6.51. The van der Waals surface area contributed by atoms with Gasteiger partial charge < -0.3 is 9.64 Å². The van der Waals surface area contributed by atoms with E-state index in [1.54, 1.807) is 0 Å². The molecule has 2 aliphatic rings. The fourth-order valence-corrected chi connectivity index (χ4v) is 3.70. The summed E-state index contributed by atoms with van der Waals surface area (Å²) in [4.78, 5) is 2.39. The van der Waals surface area contributed by atoms with Gasteiger partial charge in [0.1, 0.15) is 12.4 Å². The molecule has 0 saturated carbocycles. The third-order valence-corrected chi connectivity index (χ3v) is 5.06. The SMILES string of the molecule is CN1CCC(=C2c3cc(Cl)ccc3COc3ccccc32)CC1. The smallest absolute Gasteiger partial charge is 0.127 e. The first-order valence-electron chi connectivity index (χ1n) is 8.14. The molecule has 0 aromatic heterocycles. The molecule has 2 nitrogen and oxygen atoms in total. The topological polar surface area (TPSA) is 12.5 Å². The summed E-state index contributed by atoms with van der Waals surface area (Å²) in [6.07, 6.45) is 2.21. The minimum Gasteiger partial charge on any atom is -0.488 e. The van der Waals surface area contributed by atoms with Crippen LogP contribution in [0.4, 0.5) is 0 Å². The van der Waals surface area contributed by atoms with Crippen molar-refractivity contribution >= 4 is 17.2 Å². The van der Waals surface area contributed by atoms with E-state index in [0.29, 0.717) is 6.61 Å². The van der Waals surface area contributed by atoms with Crippen LogP contribution in [-0.2, 0) is 6.61 Å². The molecule has 1 fully saturated rings. The molecule has 0 aliphatic carbocycles. The van der Waals surface area contributed by atoms with Crippen LogP contribution in [0.5, 0.6) is 5.75 Å². The second kappa shape index (κ2) is 6.03. The molecule has 118 valence electrons. The van der Waals surface area contributed by atoms with Crippen molar-refractivity contribution in [3.05, 3.63) is 69.8 Å². The minimum atomic E-state index is 0.597. The number of benzene rings is 2. The number of halogens is 1. The van der Waals surface area contributed by atoms with Gasteiger partial charge in [-0.2, -0.15) is 0 Å². The zero-order valence-corrected chi connectivity index (χ0v) is 14.1. The Hall–Kier alpha value is -1.77. The number of rotatable bonds is 0. The maximum absolute atomic E-state index is 6.31. The molecule has 2 heterocycles. The zero-order chi connectivity index (χ0) is 15.8. The molecule has 1 saturated heterocycles. The Morgan fingerprint density at radius 3 is 2.61 bits per heavy atom. The van der Waals surface area contributed by atoms with E-state index >= 15 is 0 Å². The van der Waals surface area contributed by atoms with Gasteiger partial charge in [-0.25, -0.2) is 0 Å². The highest BCUT2D eigenvalue weighted by molar-refractivity contribution is 6.30. The second-order valence-electron chi connectivity index (χ2n) is 6.37. The van der Waals surface area contributed by atoms with Crippen LogP contribution < -0.4 is 4.74 Å². The Bertz CT molecular complexity index is 771. The molecule has 2 aliphatic heterocycles. The van der Waals surface area contributed by atoms with E-state index < -0.39 is 0 Å². The van der Waals surface area contributed by atoms with Gasteiger partial charge in [0.05, 0.1) is 0 Å². The van der Waals surface area contributed by atoms with Crippen LogP contribution in [0.25, 0.3) is 5.57 Å². The average Bonchev–Trinajstić information content (AvgIpc) is 2.72. The third kappa shape index (κ3) is 2.77. The molecule has 2 aromatic carbocycles. The van der Waals surface area contributed by atoms with Gasteiger partial charge in [0.25, 0.3) is 0 Å². The second-order valence-corrected chi connectivity index (χ2v) is 6.80. The Morgan fingerprint density at radius 1 is 1.00 bits per heavy atom. The molecule has 0 N–H and O–H groups in total. The summed E-state index contributed by atoms with van der Waals surface area (Å²) in [6.45, 7) is 2.82. The van der Waals surface area contributed by atoms with Crippen molar-refractivity contribution in [2.75, 3.05) is 20.1 Å². The van der Waals surface area contributed by atoms with Gasteiger partial charge in [-0.1, -0.05) is 41.4 Å². The highest BCUT2D eigenvalue weighted by Gasteiger charge is 2.24. The van der Waals surface area contributed by atoms with Crippen LogP contribution in [0.15, 0.2) is 48.0 Å². The number of nitrogens with zero attached hydrogens (tertiary/aromatic N) is 1. The van der Waals surface area contributed by atoms with Gasteiger partial charge in [0, 0.05) is 23.7 Å². The van der Waals surface area contributed by atoms with Crippen LogP contribution in [0.2, 0.25) is 5.02 Å². The van der Waals surface area contributed by atoms with E-state index in [-0.39, 0.29) is 0 Å². The van der Waals surface area contributed by atoms with Gasteiger partial charge in [-0.05, 0) is 54.8 Å². The van der Waals surface area contributed by atoms with Crippen LogP contribution in [-0.4, -0.2) is 25.0 Å². The lowest BCUT2D eigenvalue weighted by Crippen LogP contribution is -2.27. The van der Waals surface area contributed by atoms with Crippen LogP contribution >= 0.6 is 11.6 Å². The molecule has 3 heteroatoms. The number of fused-ring (bicyclic) bond motifs is 2. The number of hydrogen-bond acceptors (Lipinski definition) is 2. The van der Waals surface area contributed by atoms with Crippen molar-refractivity contribution in [3.63, 3.8) is 0 Å². The van der Waals surface area contributed by atoms with Gasteiger partial charge >= 0.3 is 0 Å². The van der Waals surface area contributed by atoms with Crippen molar-refractivity contribution in [1.82, 2.24) is 4.90 Å². The summed E-state index contributed by atoms with van der Waals surface area (Å²) in [6, 6.07) is 14.5. The minimum absolute atomic E-state index is 0.597. The summed E-state index contributed by atoms with van der Waals surface area (Å²) in [5.74, 6) is 0.973. The summed E-state index contributed by atoms with van der Waals surface area (Å²) >= 11 is 6.31. The Kier molecular flexibility index (Phi) is 3.88. The van der Waals surface area contributed by atoms with Gasteiger partial charge in [0.15, 0.2) is 0 Å². The highest BCUT2D eigenvalue weighted by atomic mass is 35.5. The average molecular weight is 326 g/mol. The lowest BCUT2D eigenvalue weighted by molar-refractivity contribution is 0.307. The maximum Gasteiger partial charge on any atom is 0.127 e. The fourth-order valence-electron chi connectivity index (χ4n) is 3.53. The van der Waals surface area contributed by atoms with Crippen LogP contribution in [0.1, 0.15) is 29.5 Å². The highest BCUT2D eigenvalue weighted by Crippen LogP contribution is 2.41. The van der Waals surface area contributed by atoms with E-state index in [9.17, 15) is 0 Å². The summed E-state index contributed by atoms with van der Waals surface area (Å²) < 4.78 is 6.07. The van der Waals surface area contributed by atoms with Crippen molar-refractivity contribution < 1.29 is 4.74 Å². The van der Waals surface area contributed by atoms with Crippen molar-refractivity contribution in [1.29, 1.82) is 0 Å². The van der Waals surface area contributed by atoms with Crippen molar-refractivity contribution in [2.45, 2.75) is 19.4 Å². The third-order valence-electron chi connectivity index (χ3n) is 4.82. The molecule has 4 rings (SSSR count). The maximum atomic E-state index is 6.31. The normalized spacial score (nSPS) is 18.0. The molecular weight excluding hydrogens is 306 g/mol. The number of hydrogen-bond donors (Lipinski definition) is 0. The van der Waals surface area contributed by atoms with E-state index in [1.807, 2.05) is 12.1 Å². The number of likely N-dealkylation sites (tertiary alicyclic amines) is 1. The molecule has 0 bridgehead atoms. The lowest BCUT2D eigenvalue weighted by atomic mass is 9.86. The van der Waals surface area contributed by atoms with Crippen molar-refractivity contribution in [3.8, 4) is 5.75 Å². The van der Waals surface area contributed by atoms with E-state index in [4.69, 9.17) is 16.3 Å². The largest absolute Gasteiger partial charge is 0.488 e. The standard InChI is InChI=1S/C20H20ClNO/c1-22-10-8-14(9-11-22)20-17-4-2-3-5-19(17)23-13-15-6-7-16(21)12-18(15)20/h2-7,12H,8-11,13H2,1H3. The number of piperidine rings is 1. The molecule has 0 amide bonds. The molecule has 2 aromatic rings. The van der Waals surface area contributed by atoms with E-state index in [0.717, 1.165) is 36.7 Å². The lowest BCUT2D eigenvalue weighted by Gasteiger charge is -2.27. The van der Waals surface area contributed by atoms with Gasteiger partial charge in [-0.15, -0.1) is 0 Å². The zero-order valence-electron chi connectivity index (χ0n) is 13.3. The fraction of sp³-hybridized carbons (Fsp3) is 0.300. The predicted octanol–water partition coefficient (Wildman–Crippen LogP) is 4.76. The predicted molar refractivity (Wildman–Crippen MR) is 95.0 cm³/mol. The first-order valence-corrected chi connectivity index (χ1v) is 8.52. The van der Waals surface area contributed by atoms with Crippen LogP contribution in [0, 0.1) is 0 Å². The molecular formula is C20H20ClNO. The number of ether oxygens (including phenoxy) is 1. The Labute approximate surface area is 142 Å². The molecule has 0 atom stereocenters. The first-order chi connectivity index (χ1) is 11.2.